The molecule has 0 aliphatic heterocycles. The Balaban J connectivity index is 3.72. The van der Waals surface area contributed by atoms with Crippen LogP contribution in [0.25, 0.3) is 0 Å². The van der Waals surface area contributed by atoms with Gasteiger partial charge >= 0.3 is 0 Å². The van der Waals surface area contributed by atoms with Crippen LogP contribution in [-0.4, -0.2) is 0 Å². The van der Waals surface area contributed by atoms with Gasteiger partial charge in [0.1, 0.15) is 0 Å². The summed E-state index contributed by atoms with van der Waals surface area (Å²) in [6.45, 7) is 6.48. The summed E-state index contributed by atoms with van der Waals surface area (Å²) in [6.07, 6.45) is 10.2. The van der Waals surface area contributed by atoms with E-state index in [9.17, 15) is 0 Å². The molecule has 10 heavy (non-hydrogen) atoms. The summed E-state index contributed by atoms with van der Waals surface area (Å²) >= 11 is 0. The Morgan fingerprint density at radius 1 is 1.30 bits per heavy atom. The summed E-state index contributed by atoms with van der Waals surface area (Å²) in [5.74, 6) is 0. The Hall–Kier alpha value is -0.520. The molecule has 0 aromatic carbocycles. The van der Waals surface area contributed by atoms with Crippen LogP contribution in [0.2, 0.25) is 0 Å². The van der Waals surface area contributed by atoms with E-state index in [0.29, 0.717) is 0 Å². The lowest BCUT2D eigenvalue weighted by Gasteiger charge is -1.95. The van der Waals surface area contributed by atoms with E-state index in [1.165, 1.54) is 18.4 Å². The molecule has 0 unspecified atom stereocenters. The molecule has 0 heteroatoms. The third-order valence-corrected chi connectivity index (χ3v) is 1.48. The average Bonchev–Trinajstić information content (AvgIpc) is 1.98. The van der Waals surface area contributed by atoms with Crippen molar-refractivity contribution in [2.75, 3.05) is 0 Å². The van der Waals surface area contributed by atoms with Crippen molar-refractivity contribution < 1.29 is 0 Å². The molecule has 0 nitrogen and oxygen atoms in total. The smallest absolute Gasteiger partial charge is 0.0285 e. The number of hydrogen-bond acceptors (Lipinski definition) is 0. The van der Waals surface area contributed by atoms with Gasteiger partial charge in [0.15, 0.2) is 0 Å². The second kappa shape index (κ2) is 6.60. The van der Waals surface area contributed by atoms with E-state index in [2.05, 4.69) is 39.0 Å². The number of rotatable bonds is 4. The molecule has 0 aromatic heterocycles. The van der Waals surface area contributed by atoms with Crippen LogP contribution in [-0.2, 0) is 0 Å². The molecule has 0 fully saturated rings. The normalized spacial score (nSPS) is 12.9. The van der Waals surface area contributed by atoms with Crippen molar-refractivity contribution in [3.05, 3.63) is 23.8 Å². The highest BCUT2D eigenvalue weighted by molar-refractivity contribution is 5.17. The first-order valence-electron chi connectivity index (χ1n) is 4.16. The summed E-state index contributed by atoms with van der Waals surface area (Å²) in [4.78, 5) is 0. The second-order valence-corrected chi connectivity index (χ2v) is 2.42. The zero-order valence-corrected chi connectivity index (χ0v) is 7.35. The fourth-order valence-corrected chi connectivity index (χ4v) is 0.882. The lowest BCUT2D eigenvalue weighted by molar-refractivity contribution is 0.922. The second-order valence-electron chi connectivity index (χ2n) is 2.42. The van der Waals surface area contributed by atoms with Gasteiger partial charge < -0.3 is 0 Å². The van der Waals surface area contributed by atoms with Crippen molar-refractivity contribution in [1.29, 1.82) is 0 Å². The fraction of sp³-hybridized carbons (Fsp3) is 0.600. The molecule has 0 rings (SSSR count). The summed E-state index contributed by atoms with van der Waals surface area (Å²) in [5, 5.41) is 0. The van der Waals surface area contributed by atoms with Crippen molar-refractivity contribution >= 4 is 0 Å². The van der Waals surface area contributed by atoms with Crippen LogP contribution in [0.15, 0.2) is 23.8 Å². The third kappa shape index (κ3) is 4.37. The number of allylic oxidation sites excluding steroid dienone is 4. The summed E-state index contributed by atoms with van der Waals surface area (Å²) in [7, 11) is 0. The Morgan fingerprint density at radius 3 is 2.40 bits per heavy atom. The maximum Gasteiger partial charge on any atom is -0.0285 e. The standard InChI is InChI=1S/C10H18/c1-4-7-9-10(6-3)8-5-2/h6-7,9H,4-5,8H2,1-3H3/b9-7-,10-6-. The lowest BCUT2D eigenvalue weighted by Crippen LogP contribution is -1.75. The Morgan fingerprint density at radius 2 is 2.00 bits per heavy atom. The highest BCUT2D eigenvalue weighted by atomic mass is 13.9. The molecule has 0 amide bonds. The van der Waals surface area contributed by atoms with Gasteiger partial charge in [0.25, 0.3) is 0 Å². The summed E-state index contributed by atoms with van der Waals surface area (Å²) in [6, 6.07) is 0. The first-order valence-corrected chi connectivity index (χ1v) is 4.16. The van der Waals surface area contributed by atoms with E-state index < -0.39 is 0 Å². The quantitative estimate of drug-likeness (QED) is 0.520. The van der Waals surface area contributed by atoms with Gasteiger partial charge in [-0.3, -0.25) is 0 Å². The van der Waals surface area contributed by atoms with E-state index >= 15 is 0 Å². The monoisotopic (exact) mass is 138 g/mol. The van der Waals surface area contributed by atoms with Gasteiger partial charge in [-0.15, -0.1) is 0 Å². The Labute approximate surface area is 64.6 Å². The molecule has 0 aromatic rings. The molecule has 0 saturated heterocycles. The minimum Gasteiger partial charge on any atom is -0.0845 e. The SMILES string of the molecule is C/C=C(\C=C/CC)CCC. The van der Waals surface area contributed by atoms with Crippen LogP contribution < -0.4 is 0 Å². The zero-order chi connectivity index (χ0) is 7.82. The largest absolute Gasteiger partial charge is 0.0845 e. The Kier molecular flexibility index (Phi) is 6.25. The van der Waals surface area contributed by atoms with Gasteiger partial charge in [0, 0.05) is 0 Å². The van der Waals surface area contributed by atoms with Crippen LogP contribution in [0.4, 0.5) is 0 Å². The summed E-state index contributed by atoms with van der Waals surface area (Å²) < 4.78 is 0. The van der Waals surface area contributed by atoms with Crippen molar-refractivity contribution in [1.82, 2.24) is 0 Å². The zero-order valence-electron chi connectivity index (χ0n) is 7.35. The van der Waals surface area contributed by atoms with E-state index in [4.69, 9.17) is 0 Å². The van der Waals surface area contributed by atoms with Crippen LogP contribution >= 0.6 is 0 Å². The molecule has 0 aliphatic rings. The third-order valence-electron chi connectivity index (χ3n) is 1.48. The van der Waals surface area contributed by atoms with Gasteiger partial charge in [0.2, 0.25) is 0 Å². The maximum absolute atomic E-state index is 2.23. The molecular weight excluding hydrogens is 120 g/mol. The average molecular weight is 138 g/mol. The Bertz CT molecular complexity index is 118. The molecule has 0 atom stereocenters. The summed E-state index contributed by atoms with van der Waals surface area (Å²) in [5.41, 5.74) is 1.46. The molecule has 0 aliphatic carbocycles. The van der Waals surface area contributed by atoms with Crippen molar-refractivity contribution in [3.63, 3.8) is 0 Å². The maximum atomic E-state index is 2.23. The van der Waals surface area contributed by atoms with Gasteiger partial charge in [-0.2, -0.15) is 0 Å². The van der Waals surface area contributed by atoms with Crippen molar-refractivity contribution in [2.24, 2.45) is 0 Å². The molecule has 0 bridgehead atoms. The minimum absolute atomic E-state index is 1.14. The van der Waals surface area contributed by atoms with E-state index in [-0.39, 0.29) is 0 Å². The fourth-order valence-electron chi connectivity index (χ4n) is 0.882. The molecule has 0 heterocycles. The van der Waals surface area contributed by atoms with Gasteiger partial charge in [-0.25, -0.2) is 0 Å². The first kappa shape index (κ1) is 9.48. The molecule has 0 N–H and O–H groups in total. The first-order chi connectivity index (χ1) is 4.85. The van der Waals surface area contributed by atoms with E-state index in [0.717, 1.165) is 6.42 Å². The highest BCUT2D eigenvalue weighted by Gasteiger charge is 1.85. The van der Waals surface area contributed by atoms with Crippen LogP contribution in [0.5, 0.6) is 0 Å². The van der Waals surface area contributed by atoms with Crippen molar-refractivity contribution in [2.45, 2.75) is 40.0 Å². The topological polar surface area (TPSA) is 0 Å². The van der Waals surface area contributed by atoms with Gasteiger partial charge in [-0.1, -0.05) is 44.1 Å². The molecule has 0 radical (unpaired) electrons. The molecular formula is C10H18. The lowest BCUT2D eigenvalue weighted by atomic mass is 10.1. The van der Waals surface area contributed by atoms with Crippen molar-refractivity contribution in [3.8, 4) is 0 Å². The van der Waals surface area contributed by atoms with Gasteiger partial charge in [0.05, 0.1) is 0 Å². The van der Waals surface area contributed by atoms with Crippen LogP contribution in [0.3, 0.4) is 0 Å². The molecule has 58 valence electrons. The molecule has 0 saturated carbocycles. The highest BCUT2D eigenvalue weighted by Crippen LogP contribution is 2.05. The molecule has 0 spiro atoms. The van der Waals surface area contributed by atoms with Crippen LogP contribution in [0, 0.1) is 0 Å². The van der Waals surface area contributed by atoms with Gasteiger partial charge in [-0.05, 0) is 19.8 Å². The predicted octanol–water partition coefficient (Wildman–Crippen LogP) is 3.70. The van der Waals surface area contributed by atoms with E-state index in [1.807, 2.05) is 0 Å². The van der Waals surface area contributed by atoms with Crippen LogP contribution in [0.1, 0.15) is 40.0 Å². The van der Waals surface area contributed by atoms with E-state index in [1.54, 1.807) is 0 Å². The number of hydrogen-bond donors (Lipinski definition) is 0. The minimum atomic E-state index is 1.14. The predicted molar refractivity (Wildman–Crippen MR) is 48.1 cm³/mol.